The van der Waals surface area contributed by atoms with Gasteiger partial charge in [0, 0.05) is 17.7 Å². The zero-order valence-corrected chi connectivity index (χ0v) is 14.2. The summed E-state index contributed by atoms with van der Waals surface area (Å²) in [6.07, 6.45) is 2.19. The fraction of sp³-hybridized carbons (Fsp3) is 0.353. The molecule has 3 N–H and O–H groups in total. The quantitative estimate of drug-likeness (QED) is 0.821. The Morgan fingerprint density at radius 2 is 2.09 bits per heavy atom. The van der Waals surface area contributed by atoms with Gasteiger partial charge in [0.15, 0.2) is 0 Å². The maximum absolute atomic E-state index is 12.5. The van der Waals surface area contributed by atoms with Crippen molar-refractivity contribution in [3.63, 3.8) is 0 Å². The molecule has 6 heteroatoms. The van der Waals surface area contributed by atoms with Gasteiger partial charge in [-0.05, 0) is 45.0 Å². The number of benzene rings is 1. The van der Waals surface area contributed by atoms with E-state index < -0.39 is 0 Å². The van der Waals surface area contributed by atoms with Crippen molar-refractivity contribution in [1.29, 1.82) is 0 Å². The number of halogens is 1. The molecule has 1 aliphatic heterocycles. The van der Waals surface area contributed by atoms with Gasteiger partial charge in [0.25, 0.3) is 5.91 Å². The van der Waals surface area contributed by atoms with E-state index in [9.17, 15) is 4.79 Å². The van der Waals surface area contributed by atoms with E-state index in [0.717, 1.165) is 11.3 Å². The van der Waals surface area contributed by atoms with Crippen molar-refractivity contribution in [1.82, 2.24) is 5.32 Å². The number of carbonyl (C=O) groups excluding carboxylic acids is 1. The predicted molar refractivity (Wildman–Crippen MR) is 91.1 cm³/mol. The lowest BCUT2D eigenvalue weighted by Crippen LogP contribution is -2.41. The van der Waals surface area contributed by atoms with Crippen molar-refractivity contribution in [2.75, 3.05) is 5.73 Å². The van der Waals surface area contributed by atoms with Crippen LogP contribution in [0.15, 0.2) is 34.9 Å². The second kappa shape index (κ2) is 6.16. The van der Waals surface area contributed by atoms with Crippen LogP contribution >= 0.6 is 12.4 Å². The fourth-order valence-electron chi connectivity index (χ4n) is 2.86. The van der Waals surface area contributed by atoms with E-state index in [1.54, 1.807) is 19.1 Å². The predicted octanol–water partition coefficient (Wildman–Crippen LogP) is 3.62. The lowest BCUT2D eigenvalue weighted by molar-refractivity contribution is 0.0619. The third-order valence-electron chi connectivity index (χ3n) is 3.90. The topological polar surface area (TPSA) is 77.5 Å². The summed E-state index contributed by atoms with van der Waals surface area (Å²) in [6.45, 7) is 5.79. The number of ether oxygens (including phenoxy) is 1. The number of anilines is 1. The van der Waals surface area contributed by atoms with Crippen molar-refractivity contribution in [2.45, 2.75) is 38.8 Å². The second-order valence-corrected chi connectivity index (χ2v) is 6.28. The number of hydrogen-bond acceptors (Lipinski definition) is 4. The third kappa shape index (κ3) is 3.45. The number of nitrogens with two attached hydrogens (primary N) is 1. The summed E-state index contributed by atoms with van der Waals surface area (Å²) >= 11 is 0. The van der Waals surface area contributed by atoms with E-state index in [1.807, 2.05) is 26.0 Å². The van der Waals surface area contributed by atoms with Gasteiger partial charge in [0.1, 0.15) is 17.1 Å². The van der Waals surface area contributed by atoms with Gasteiger partial charge in [0.2, 0.25) is 0 Å². The van der Waals surface area contributed by atoms with Crippen LogP contribution < -0.4 is 15.8 Å². The van der Waals surface area contributed by atoms with Gasteiger partial charge in [-0.25, -0.2) is 0 Å². The Morgan fingerprint density at radius 1 is 1.35 bits per heavy atom. The first kappa shape index (κ1) is 17.2. The molecule has 1 aromatic carbocycles. The first-order chi connectivity index (χ1) is 10.4. The van der Waals surface area contributed by atoms with E-state index in [-0.39, 0.29) is 30.0 Å². The monoisotopic (exact) mass is 336 g/mol. The highest BCUT2D eigenvalue weighted by atomic mass is 35.5. The summed E-state index contributed by atoms with van der Waals surface area (Å²) in [5.41, 5.74) is 7.64. The van der Waals surface area contributed by atoms with Gasteiger partial charge in [-0.15, -0.1) is 12.4 Å². The second-order valence-electron chi connectivity index (χ2n) is 6.28. The van der Waals surface area contributed by atoms with Crippen LogP contribution in [0.4, 0.5) is 5.69 Å². The molecule has 5 nitrogen and oxygen atoms in total. The molecule has 0 saturated heterocycles. The number of furan rings is 1. The SMILES string of the molecule is Cc1occc1C(=O)NC1CC(C)(C)Oc2ccc(N)cc21.Cl. The van der Waals surface area contributed by atoms with Crippen LogP contribution in [-0.2, 0) is 0 Å². The van der Waals surface area contributed by atoms with Gasteiger partial charge in [0.05, 0.1) is 17.9 Å². The number of fused-ring (bicyclic) bond motifs is 1. The molecule has 0 bridgehead atoms. The van der Waals surface area contributed by atoms with E-state index in [0.29, 0.717) is 23.4 Å². The molecular formula is C17H21ClN2O3. The average molecular weight is 337 g/mol. The van der Waals surface area contributed by atoms with Crippen LogP contribution in [0.1, 0.15) is 48.0 Å². The van der Waals surface area contributed by atoms with Crippen molar-refractivity contribution < 1.29 is 13.9 Å². The van der Waals surface area contributed by atoms with E-state index in [2.05, 4.69) is 5.32 Å². The smallest absolute Gasteiger partial charge is 0.255 e. The van der Waals surface area contributed by atoms with Gasteiger partial charge < -0.3 is 20.2 Å². The maximum Gasteiger partial charge on any atom is 0.255 e. The lowest BCUT2D eigenvalue weighted by Gasteiger charge is -2.38. The normalized spacial score (nSPS) is 18.3. The molecule has 0 fully saturated rings. The van der Waals surface area contributed by atoms with Crippen molar-refractivity contribution >= 4 is 24.0 Å². The van der Waals surface area contributed by atoms with Crippen molar-refractivity contribution in [2.24, 2.45) is 0 Å². The van der Waals surface area contributed by atoms with E-state index in [1.165, 1.54) is 6.26 Å². The minimum atomic E-state index is -0.355. The Balaban J connectivity index is 0.00000192. The first-order valence-electron chi connectivity index (χ1n) is 7.29. The third-order valence-corrected chi connectivity index (χ3v) is 3.90. The fourth-order valence-corrected chi connectivity index (χ4v) is 2.86. The highest BCUT2D eigenvalue weighted by Crippen LogP contribution is 2.40. The minimum Gasteiger partial charge on any atom is -0.487 e. The molecule has 1 atom stereocenters. The Kier molecular flexibility index (Phi) is 4.61. The van der Waals surface area contributed by atoms with Gasteiger partial charge in [-0.1, -0.05) is 0 Å². The molecule has 0 radical (unpaired) electrons. The highest BCUT2D eigenvalue weighted by molar-refractivity contribution is 5.95. The molecule has 1 amide bonds. The van der Waals surface area contributed by atoms with E-state index in [4.69, 9.17) is 14.9 Å². The molecule has 2 aromatic rings. The van der Waals surface area contributed by atoms with Crippen LogP contribution in [0.25, 0.3) is 0 Å². The number of rotatable bonds is 2. The zero-order chi connectivity index (χ0) is 15.9. The summed E-state index contributed by atoms with van der Waals surface area (Å²) in [6, 6.07) is 7.05. The van der Waals surface area contributed by atoms with Crippen LogP contribution in [-0.4, -0.2) is 11.5 Å². The Morgan fingerprint density at radius 3 is 2.74 bits per heavy atom. The number of nitrogens with one attached hydrogen (secondary N) is 1. The van der Waals surface area contributed by atoms with Crippen molar-refractivity contribution in [3.05, 3.63) is 47.4 Å². The van der Waals surface area contributed by atoms with Crippen LogP contribution in [0.5, 0.6) is 5.75 Å². The minimum absolute atomic E-state index is 0. The van der Waals surface area contributed by atoms with Crippen LogP contribution in [0, 0.1) is 6.92 Å². The van der Waals surface area contributed by atoms with Crippen LogP contribution in [0.2, 0.25) is 0 Å². The Labute approximate surface area is 141 Å². The first-order valence-corrected chi connectivity index (χ1v) is 7.29. The standard InChI is InChI=1S/C17H20N2O3.ClH/c1-10-12(6-7-21-10)16(20)19-14-9-17(2,3)22-15-5-4-11(18)8-13(14)15;/h4-8,14H,9,18H2,1-3H3,(H,19,20);1H. The van der Waals surface area contributed by atoms with Gasteiger partial charge in [-0.3, -0.25) is 4.79 Å². The summed E-state index contributed by atoms with van der Waals surface area (Å²) in [7, 11) is 0. The number of hydrogen-bond donors (Lipinski definition) is 2. The van der Waals surface area contributed by atoms with Crippen LogP contribution in [0.3, 0.4) is 0 Å². The molecule has 3 rings (SSSR count). The van der Waals surface area contributed by atoms with Gasteiger partial charge >= 0.3 is 0 Å². The van der Waals surface area contributed by atoms with Gasteiger partial charge in [-0.2, -0.15) is 0 Å². The summed E-state index contributed by atoms with van der Waals surface area (Å²) in [5, 5.41) is 3.07. The Hall–Kier alpha value is -2.14. The number of carbonyl (C=O) groups is 1. The lowest BCUT2D eigenvalue weighted by atomic mass is 9.89. The number of aryl methyl sites for hydroxylation is 1. The molecule has 1 aliphatic rings. The Bertz CT molecular complexity index is 724. The highest BCUT2D eigenvalue weighted by Gasteiger charge is 2.35. The number of amides is 1. The summed E-state index contributed by atoms with van der Waals surface area (Å²) < 4.78 is 11.2. The molecule has 0 aliphatic carbocycles. The van der Waals surface area contributed by atoms with E-state index >= 15 is 0 Å². The number of nitrogen functional groups attached to an aromatic ring is 1. The largest absolute Gasteiger partial charge is 0.487 e. The average Bonchev–Trinajstić information content (AvgIpc) is 2.85. The molecule has 0 saturated carbocycles. The summed E-state index contributed by atoms with van der Waals surface area (Å²) in [4.78, 5) is 12.5. The molecule has 1 aromatic heterocycles. The van der Waals surface area contributed by atoms with Crippen molar-refractivity contribution in [3.8, 4) is 5.75 Å². The maximum atomic E-state index is 12.5. The summed E-state index contributed by atoms with van der Waals surface area (Å²) in [5.74, 6) is 1.22. The molecule has 1 unspecified atom stereocenters. The molecule has 124 valence electrons. The molecular weight excluding hydrogens is 316 g/mol. The molecule has 23 heavy (non-hydrogen) atoms. The zero-order valence-electron chi connectivity index (χ0n) is 13.4. The molecule has 0 spiro atoms. The molecule has 2 heterocycles.